The number of benzene rings is 1. The van der Waals surface area contributed by atoms with E-state index in [1.54, 1.807) is 0 Å². The highest BCUT2D eigenvalue weighted by Gasteiger charge is 2.31. The number of rotatable bonds is 3. The molecule has 0 saturated carbocycles. The van der Waals surface area contributed by atoms with Gasteiger partial charge in [-0.25, -0.2) is 4.39 Å². The molecule has 0 radical (unpaired) electrons. The summed E-state index contributed by atoms with van der Waals surface area (Å²) in [5, 5.41) is 0. The maximum absolute atomic E-state index is 13.3. The topological polar surface area (TPSA) is 21.3 Å². The quantitative estimate of drug-likeness (QED) is 0.642. The molecule has 0 aliphatic carbocycles. The molecule has 0 aliphatic heterocycles. The van der Waals surface area contributed by atoms with Gasteiger partial charge in [0.2, 0.25) is 0 Å². The molecule has 0 unspecified atom stereocenters. The molecule has 1 aromatic carbocycles. The summed E-state index contributed by atoms with van der Waals surface area (Å²) in [6.07, 6.45) is -4.56. The van der Waals surface area contributed by atoms with Gasteiger partial charge in [-0.15, -0.1) is 0 Å². The summed E-state index contributed by atoms with van der Waals surface area (Å²) < 4.78 is 50.0. The van der Waals surface area contributed by atoms with Crippen molar-refractivity contribution in [1.29, 1.82) is 0 Å². The largest absolute Gasteiger partial charge is 0.416 e. The fourth-order valence-corrected chi connectivity index (χ4v) is 1.11. The van der Waals surface area contributed by atoms with E-state index in [4.69, 9.17) is 0 Å². The molecule has 2 nitrogen and oxygen atoms in total. The van der Waals surface area contributed by atoms with Crippen molar-refractivity contribution in [1.82, 2.24) is 5.48 Å². The summed E-state index contributed by atoms with van der Waals surface area (Å²) in [7, 11) is 1.28. The normalized spacial score (nSPS) is 11.3. The predicted octanol–water partition coefficient (Wildman–Crippen LogP) is 2.97. The summed E-state index contributed by atoms with van der Waals surface area (Å²) in [6, 6.07) is 2.19. The molecular weight excluding hydrogens is 226 g/mol. The van der Waals surface area contributed by atoms with Crippen LogP contribution in [0.2, 0.25) is 0 Å². The van der Waals surface area contributed by atoms with E-state index in [1.165, 1.54) is 7.11 Å². The molecule has 0 aromatic heterocycles. The minimum atomic E-state index is -4.56. The molecule has 0 aliphatic rings. The van der Waals surface area contributed by atoms with E-state index in [-0.39, 0.29) is 11.3 Å². The van der Waals surface area contributed by atoms with Crippen LogP contribution in [0.3, 0.4) is 0 Å². The van der Waals surface area contributed by atoms with Crippen molar-refractivity contribution in [2.24, 2.45) is 0 Å². The Kier molecular flexibility index (Phi) is 3.54. The number of hydroxylamine groups is 1. The highest BCUT2D eigenvalue weighted by atomic mass is 19.4. The lowest BCUT2D eigenvalue weighted by Gasteiger charge is -2.11. The first kappa shape index (κ1) is 12.5. The Hall–Kier alpha value is -1.56. The molecule has 88 valence electrons. The lowest BCUT2D eigenvalue weighted by molar-refractivity contribution is -0.137. The van der Waals surface area contributed by atoms with Crippen molar-refractivity contribution in [3.05, 3.63) is 41.7 Å². The third-order valence-corrected chi connectivity index (χ3v) is 1.85. The molecule has 0 saturated heterocycles. The lowest BCUT2D eigenvalue weighted by atomic mass is 10.1. The van der Waals surface area contributed by atoms with E-state index in [0.29, 0.717) is 6.07 Å². The number of alkyl halides is 3. The molecule has 1 N–H and O–H groups in total. The van der Waals surface area contributed by atoms with Gasteiger partial charge in [-0.1, -0.05) is 6.58 Å². The number of hydrogen-bond donors (Lipinski definition) is 1. The molecule has 16 heavy (non-hydrogen) atoms. The van der Waals surface area contributed by atoms with Gasteiger partial charge in [0.05, 0.1) is 18.4 Å². The monoisotopic (exact) mass is 235 g/mol. The molecule has 1 rings (SSSR count). The Bertz CT molecular complexity index is 400. The third-order valence-electron chi connectivity index (χ3n) is 1.85. The van der Waals surface area contributed by atoms with Crippen LogP contribution in [0.25, 0.3) is 5.70 Å². The fraction of sp³-hybridized carbons (Fsp3) is 0.200. The van der Waals surface area contributed by atoms with Gasteiger partial charge in [0.15, 0.2) is 0 Å². The average Bonchev–Trinajstić information content (AvgIpc) is 2.16. The summed E-state index contributed by atoms with van der Waals surface area (Å²) in [6.45, 7) is 3.41. The first-order valence-electron chi connectivity index (χ1n) is 4.21. The molecule has 0 spiro atoms. The first-order chi connectivity index (χ1) is 7.36. The Morgan fingerprint density at radius 3 is 2.44 bits per heavy atom. The molecule has 0 fully saturated rings. The zero-order chi connectivity index (χ0) is 12.3. The maximum atomic E-state index is 13.3. The number of halogens is 4. The summed E-state index contributed by atoms with van der Waals surface area (Å²) in [5.74, 6) is -1.01. The molecule has 1 aromatic rings. The lowest BCUT2D eigenvalue weighted by Crippen LogP contribution is -2.11. The minimum Gasteiger partial charge on any atom is -0.279 e. The minimum absolute atomic E-state index is 0.0497. The smallest absolute Gasteiger partial charge is 0.279 e. The van der Waals surface area contributed by atoms with E-state index in [0.717, 1.165) is 12.1 Å². The van der Waals surface area contributed by atoms with Crippen molar-refractivity contribution in [3.8, 4) is 0 Å². The van der Waals surface area contributed by atoms with Gasteiger partial charge in [0.1, 0.15) is 5.82 Å². The standard InChI is InChI=1S/C10H9F4NO/c1-6(15-16-2)8-4-3-7(5-9(8)11)10(12,13)14/h3-5,15H,1H2,2H3. The number of hydrogen-bond acceptors (Lipinski definition) is 2. The van der Waals surface area contributed by atoms with Crippen molar-refractivity contribution >= 4 is 5.70 Å². The summed E-state index contributed by atoms with van der Waals surface area (Å²) in [4.78, 5) is 4.47. The van der Waals surface area contributed by atoms with Gasteiger partial charge < -0.3 is 0 Å². The van der Waals surface area contributed by atoms with Gasteiger partial charge in [0, 0.05) is 5.56 Å². The van der Waals surface area contributed by atoms with Crippen LogP contribution in [-0.2, 0) is 11.0 Å². The van der Waals surface area contributed by atoms with Crippen LogP contribution >= 0.6 is 0 Å². The third kappa shape index (κ3) is 2.73. The van der Waals surface area contributed by atoms with Crippen molar-refractivity contribution in [3.63, 3.8) is 0 Å². The van der Waals surface area contributed by atoms with Crippen LogP contribution in [0.1, 0.15) is 11.1 Å². The number of nitrogens with one attached hydrogen (secondary N) is 1. The zero-order valence-corrected chi connectivity index (χ0v) is 8.36. The van der Waals surface area contributed by atoms with Gasteiger partial charge in [-0.05, 0) is 18.2 Å². The Labute approximate surface area is 89.5 Å². The second kappa shape index (κ2) is 4.52. The molecule has 0 bridgehead atoms. The van der Waals surface area contributed by atoms with Gasteiger partial charge in [-0.2, -0.15) is 13.2 Å². The second-order valence-electron chi connectivity index (χ2n) is 2.98. The van der Waals surface area contributed by atoms with Crippen LogP contribution in [0, 0.1) is 5.82 Å². The molecular formula is C10H9F4NO. The highest BCUT2D eigenvalue weighted by Crippen LogP contribution is 2.30. The van der Waals surface area contributed by atoms with E-state index >= 15 is 0 Å². The van der Waals surface area contributed by atoms with E-state index < -0.39 is 17.6 Å². The fourth-order valence-electron chi connectivity index (χ4n) is 1.11. The van der Waals surface area contributed by atoms with Gasteiger partial charge in [0.25, 0.3) is 0 Å². The van der Waals surface area contributed by atoms with Crippen LogP contribution < -0.4 is 5.48 Å². The Morgan fingerprint density at radius 2 is 2.00 bits per heavy atom. The Balaban J connectivity index is 3.05. The highest BCUT2D eigenvalue weighted by molar-refractivity contribution is 5.61. The van der Waals surface area contributed by atoms with E-state index in [9.17, 15) is 17.6 Å². The second-order valence-corrected chi connectivity index (χ2v) is 2.98. The van der Waals surface area contributed by atoms with Crippen LogP contribution in [0.15, 0.2) is 24.8 Å². The van der Waals surface area contributed by atoms with Crippen LogP contribution in [0.5, 0.6) is 0 Å². The van der Waals surface area contributed by atoms with Crippen LogP contribution in [-0.4, -0.2) is 7.11 Å². The maximum Gasteiger partial charge on any atom is 0.416 e. The average molecular weight is 235 g/mol. The molecule has 0 heterocycles. The van der Waals surface area contributed by atoms with Crippen molar-refractivity contribution in [2.75, 3.05) is 7.11 Å². The van der Waals surface area contributed by atoms with E-state index in [1.807, 2.05) is 0 Å². The molecule has 0 atom stereocenters. The first-order valence-corrected chi connectivity index (χ1v) is 4.21. The van der Waals surface area contributed by atoms with Crippen molar-refractivity contribution < 1.29 is 22.4 Å². The van der Waals surface area contributed by atoms with Gasteiger partial charge in [-0.3, -0.25) is 10.3 Å². The SMILES string of the molecule is C=C(NOC)c1ccc(C(F)(F)F)cc1F. The summed E-state index contributed by atoms with van der Waals surface area (Å²) >= 11 is 0. The van der Waals surface area contributed by atoms with Crippen LogP contribution in [0.4, 0.5) is 17.6 Å². The van der Waals surface area contributed by atoms with E-state index in [2.05, 4.69) is 16.9 Å². The van der Waals surface area contributed by atoms with Crippen molar-refractivity contribution in [2.45, 2.75) is 6.18 Å². The zero-order valence-electron chi connectivity index (χ0n) is 8.36. The Morgan fingerprint density at radius 1 is 1.38 bits per heavy atom. The van der Waals surface area contributed by atoms with Gasteiger partial charge >= 0.3 is 6.18 Å². The predicted molar refractivity (Wildman–Crippen MR) is 50.6 cm³/mol. The molecule has 6 heteroatoms. The summed E-state index contributed by atoms with van der Waals surface area (Å²) in [5.41, 5.74) is 1.18. The molecule has 0 amide bonds.